The molecular weight excluding hydrogens is 266 g/mol. The monoisotopic (exact) mass is 309 g/mol. The van der Waals surface area contributed by atoms with Gasteiger partial charge in [0.25, 0.3) is 0 Å². The summed E-state index contributed by atoms with van der Waals surface area (Å²) >= 11 is 0. The van der Waals surface area contributed by atoms with Gasteiger partial charge in [-0.2, -0.15) is 0 Å². The number of hydrogen-bond acceptors (Lipinski definition) is 1. The summed E-state index contributed by atoms with van der Waals surface area (Å²) in [7, 11) is 0. The molecule has 0 aliphatic rings. The summed E-state index contributed by atoms with van der Waals surface area (Å²) in [6.07, 6.45) is 14.7. The van der Waals surface area contributed by atoms with Gasteiger partial charge in [0, 0.05) is 18.1 Å². The van der Waals surface area contributed by atoms with E-state index in [0.29, 0.717) is 18.1 Å². The summed E-state index contributed by atoms with van der Waals surface area (Å²) in [4.78, 5) is 2.71. The number of unbranched alkanes of at least 4 members (excludes halogenated alkanes) is 5. The van der Waals surface area contributed by atoms with E-state index < -0.39 is 0 Å². The van der Waals surface area contributed by atoms with Crippen LogP contribution in [0.2, 0.25) is 0 Å². The molecular formula is C21H43N. The van der Waals surface area contributed by atoms with Crippen LogP contribution in [0.5, 0.6) is 0 Å². The fraction of sp³-hybridized carbons (Fsp3) is 0.905. The van der Waals surface area contributed by atoms with Gasteiger partial charge in [-0.1, -0.05) is 70.9 Å². The van der Waals surface area contributed by atoms with Crippen molar-refractivity contribution < 1.29 is 0 Å². The Labute approximate surface area is 141 Å². The van der Waals surface area contributed by atoms with Crippen molar-refractivity contribution in [3.63, 3.8) is 0 Å². The smallest absolute Gasteiger partial charge is 0.0286 e. The maximum atomic E-state index is 2.71. The molecule has 0 aromatic rings. The minimum Gasteiger partial charge on any atom is -0.292 e. The standard InChI is InChI=1S/C21H43N/c1-8-11-12-13-14-15-16-21(17-20(9-2)10-3)22(18(4)5)19(6)7/h17-19,21H,8-16H2,1-7H3. The Morgan fingerprint density at radius 1 is 0.773 bits per heavy atom. The fourth-order valence-corrected chi connectivity index (χ4v) is 3.57. The zero-order valence-corrected chi connectivity index (χ0v) is 16.6. The van der Waals surface area contributed by atoms with E-state index in [4.69, 9.17) is 0 Å². The van der Waals surface area contributed by atoms with Crippen LogP contribution in [-0.2, 0) is 0 Å². The molecule has 22 heavy (non-hydrogen) atoms. The number of allylic oxidation sites excluding steroid dienone is 1. The molecule has 0 aliphatic carbocycles. The molecule has 1 heteroatoms. The van der Waals surface area contributed by atoms with Crippen LogP contribution in [0.4, 0.5) is 0 Å². The van der Waals surface area contributed by atoms with Crippen LogP contribution < -0.4 is 0 Å². The summed E-state index contributed by atoms with van der Waals surface area (Å²) in [6.45, 7) is 16.3. The van der Waals surface area contributed by atoms with E-state index in [1.54, 1.807) is 5.57 Å². The Hall–Kier alpha value is -0.300. The Balaban J connectivity index is 4.68. The molecule has 0 bridgehead atoms. The molecule has 1 atom stereocenters. The molecule has 0 aromatic heterocycles. The second kappa shape index (κ2) is 13.2. The molecule has 0 spiro atoms. The van der Waals surface area contributed by atoms with Gasteiger partial charge < -0.3 is 0 Å². The molecule has 0 fully saturated rings. The van der Waals surface area contributed by atoms with E-state index in [1.807, 2.05) is 0 Å². The Morgan fingerprint density at radius 3 is 1.73 bits per heavy atom. The van der Waals surface area contributed by atoms with Gasteiger partial charge in [0.05, 0.1) is 0 Å². The van der Waals surface area contributed by atoms with Crippen LogP contribution in [0.1, 0.15) is 106 Å². The second-order valence-corrected chi connectivity index (χ2v) is 7.29. The van der Waals surface area contributed by atoms with Crippen molar-refractivity contribution in [3.05, 3.63) is 11.6 Å². The van der Waals surface area contributed by atoms with Crippen molar-refractivity contribution in [2.75, 3.05) is 0 Å². The molecule has 0 heterocycles. The van der Waals surface area contributed by atoms with Crippen molar-refractivity contribution in [3.8, 4) is 0 Å². The third-order valence-corrected chi connectivity index (χ3v) is 4.77. The number of nitrogens with zero attached hydrogens (tertiary/aromatic N) is 1. The van der Waals surface area contributed by atoms with Gasteiger partial charge in [0.1, 0.15) is 0 Å². The lowest BCUT2D eigenvalue weighted by Crippen LogP contribution is -2.44. The predicted octanol–water partition coefficient (Wildman–Crippen LogP) is 6.97. The van der Waals surface area contributed by atoms with E-state index in [2.05, 4.69) is 59.4 Å². The summed E-state index contributed by atoms with van der Waals surface area (Å²) < 4.78 is 0. The predicted molar refractivity (Wildman–Crippen MR) is 103 cm³/mol. The normalized spacial score (nSPS) is 13.2. The molecule has 0 saturated carbocycles. The highest BCUT2D eigenvalue weighted by molar-refractivity contribution is 5.07. The number of rotatable bonds is 13. The first-order valence-corrected chi connectivity index (χ1v) is 9.94. The molecule has 0 aliphatic heterocycles. The minimum atomic E-state index is 0.622. The zero-order chi connectivity index (χ0) is 17.0. The summed E-state index contributed by atoms with van der Waals surface area (Å²) in [6, 6.07) is 1.87. The van der Waals surface area contributed by atoms with Crippen LogP contribution in [0.3, 0.4) is 0 Å². The highest BCUT2D eigenvalue weighted by Gasteiger charge is 2.22. The van der Waals surface area contributed by atoms with Crippen molar-refractivity contribution in [1.82, 2.24) is 4.90 Å². The topological polar surface area (TPSA) is 3.24 Å². The van der Waals surface area contributed by atoms with E-state index in [0.717, 1.165) is 0 Å². The molecule has 1 unspecified atom stereocenters. The largest absolute Gasteiger partial charge is 0.292 e. The van der Waals surface area contributed by atoms with Crippen molar-refractivity contribution in [2.24, 2.45) is 0 Å². The second-order valence-electron chi connectivity index (χ2n) is 7.29. The van der Waals surface area contributed by atoms with Crippen LogP contribution in [0.25, 0.3) is 0 Å². The Kier molecular flexibility index (Phi) is 13.0. The Bertz CT molecular complexity index is 264. The van der Waals surface area contributed by atoms with Gasteiger partial charge in [0.2, 0.25) is 0 Å². The molecule has 132 valence electrons. The first kappa shape index (κ1) is 21.7. The molecule has 0 rings (SSSR count). The van der Waals surface area contributed by atoms with Gasteiger partial charge in [-0.05, 0) is 47.0 Å². The quantitative estimate of drug-likeness (QED) is 0.262. The lowest BCUT2D eigenvalue weighted by molar-refractivity contribution is 0.130. The maximum absolute atomic E-state index is 2.71. The summed E-state index contributed by atoms with van der Waals surface area (Å²) in [5.41, 5.74) is 1.63. The molecule has 0 radical (unpaired) electrons. The van der Waals surface area contributed by atoms with Crippen LogP contribution >= 0.6 is 0 Å². The first-order chi connectivity index (χ1) is 10.5. The third kappa shape index (κ3) is 8.98. The van der Waals surface area contributed by atoms with E-state index in [1.165, 1.54) is 57.8 Å². The van der Waals surface area contributed by atoms with Crippen molar-refractivity contribution in [1.29, 1.82) is 0 Å². The maximum Gasteiger partial charge on any atom is 0.0286 e. The van der Waals surface area contributed by atoms with Gasteiger partial charge in [-0.25, -0.2) is 0 Å². The Morgan fingerprint density at radius 2 is 1.27 bits per heavy atom. The van der Waals surface area contributed by atoms with E-state index >= 15 is 0 Å². The lowest BCUT2D eigenvalue weighted by Gasteiger charge is -2.37. The third-order valence-electron chi connectivity index (χ3n) is 4.77. The molecule has 0 saturated heterocycles. The highest BCUT2D eigenvalue weighted by Crippen LogP contribution is 2.21. The van der Waals surface area contributed by atoms with E-state index in [9.17, 15) is 0 Å². The zero-order valence-electron chi connectivity index (χ0n) is 16.6. The first-order valence-electron chi connectivity index (χ1n) is 9.94. The van der Waals surface area contributed by atoms with Crippen molar-refractivity contribution >= 4 is 0 Å². The van der Waals surface area contributed by atoms with Crippen LogP contribution in [-0.4, -0.2) is 23.0 Å². The van der Waals surface area contributed by atoms with Gasteiger partial charge in [0.15, 0.2) is 0 Å². The van der Waals surface area contributed by atoms with Gasteiger partial charge >= 0.3 is 0 Å². The van der Waals surface area contributed by atoms with Crippen LogP contribution in [0, 0.1) is 0 Å². The van der Waals surface area contributed by atoms with Crippen LogP contribution in [0.15, 0.2) is 11.6 Å². The SMILES string of the molecule is CCCCCCCCC(C=C(CC)CC)N(C(C)C)C(C)C. The minimum absolute atomic E-state index is 0.622. The molecule has 0 amide bonds. The van der Waals surface area contributed by atoms with Crippen molar-refractivity contribution in [2.45, 2.75) is 124 Å². The van der Waals surface area contributed by atoms with E-state index in [-0.39, 0.29) is 0 Å². The van der Waals surface area contributed by atoms with Gasteiger partial charge in [-0.3, -0.25) is 4.90 Å². The summed E-state index contributed by atoms with van der Waals surface area (Å²) in [5, 5.41) is 0. The number of hydrogen-bond donors (Lipinski definition) is 0. The molecule has 0 aromatic carbocycles. The highest BCUT2D eigenvalue weighted by atomic mass is 15.2. The van der Waals surface area contributed by atoms with Gasteiger partial charge in [-0.15, -0.1) is 0 Å². The summed E-state index contributed by atoms with van der Waals surface area (Å²) in [5.74, 6) is 0. The fourth-order valence-electron chi connectivity index (χ4n) is 3.57. The molecule has 0 N–H and O–H groups in total. The average molecular weight is 310 g/mol. The molecule has 1 nitrogen and oxygen atoms in total. The average Bonchev–Trinajstić information content (AvgIpc) is 2.46. The lowest BCUT2D eigenvalue weighted by atomic mass is 9.98.